The Labute approximate surface area is 89.7 Å². The zero-order valence-corrected chi connectivity index (χ0v) is 8.21. The highest BCUT2D eigenvalue weighted by molar-refractivity contribution is 5.70. The molecule has 16 heavy (non-hydrogen) atoms. The fourth-order valence-corrected chi connectivity index (χ4v) is 1.26. The minimum atomic E-state index is -1.30. The van der Waals surface area contributed by atoms with Crippen molar-refractivity contribution in [3.8, 4) is 0 Å². The minimum Gasteiger partial charge on any atom is -0.481 e. The first-order chi connectivity index (χ1) is 7.45. The highest BCUT2D eigenvalue weighted by atomic mass is 19.2. The number of aliphatic carboxylic acids is 1. The molecule has 3 N–H and O–H groups in total. The molecule has 0 aliphatic heterocycles. The molecule has 0 saturated heterocycles. The molecular formula is C10H10F3NO2. The van der Waals surface area contributed by atoms with Crippen LogP contribution in [-0.2, 0) is 11.2 Å². The first-order valence-electron chi connectivity index (χ1n) is 4.52. The molecule has 0 heterocycles. The Morgan fingerprint density at radius 2 is 1.81 bits per heavy atom. The molecular weight excluding hydrogens is 223 g/mol. The summed E-state index contributed by atoms with van der Waals surface area (Å²) in [4.78, 5) is 10.6. The van der Waals surface area contributed by atoms with Crippen LogP contribution < -0.4 is 5.73 Å². The van der Waals surface area contributed by atoms with Crippen LogP contribution in [0.4, 0.5) is 13.2 Å². The van der Waals surface area contributed by atoms with E-state index in [1.54, 1.807) is 0 Å². The number of nitrogens with two attached hydrogens (primary N) is 1. The van der Waals surface area contributed by atoms with Crippen molar-refractivity contribution in [2.75, 3.05) is 6.54 Å². The van der Waals surface area contributed by atoms with Crippen molar-refractivity contribution in [2.45, 2.75) is 6.42 Å². The second-order valence-electron chi connectivity index (χ2n) is 3.33. The van der Waals surface area contributed by atoms with E-state index in [1.165, 1.54) is 0 Å². The molecule has 0 saturated carbocycles. The third kappa shape index (κ3) is 2.73. The van der Waals surface area contributed by atoms with Crippen LogP contribution >= 0.6 is 0 Å². The molecule has 1 unspecified atom stereocenters. The van der Waals surface area contributed by atoms with Crippen LogP contribution in [0.5, 0.6) is 0 Å². The van der Waals surface area contributed by atoms with Gasteiger partial charge in [-0.15, -0.1) is 0 Å². The van der Waals surface area contributed by atoms with Crippen LogP contribution in [0.3, 0.4) is 0 Å². The van der Waals surface area contributed by atoms with Gasteiger partial charge in [0.1, 0.15) is 5.82 Å². The number of hydrogen-bond acceptors (Lipinski definition) is 2. The molecule has 0 spiro atoms. The van der Waals surface area contributed by atoms with Crippen molar-refractivity contribution in [1.29, 1.82) is 0 Å². The van der Waals surface area contributed by atoms with Crippen molar-refractivity contribution in [3.63, 3.8) is 0 Å². The molecule has 0 aliphatic carbocycles. The summed E-state index contributed by atoms with van der Waals surface area (Å²) in [6.07, 6.45) is -0.269. The number of rotatable bonds is 4. The van der Waals surface area contributed by atoms with Crippen molar-refractivity contribution in [1.82, 2.24) is 0 Å². The Morgan fingerprint density at radius 1 is 1.25 bits per heavy atom. The average molecular weight is 233 g/mol. The van der Waals surface area contributed by atoms with Gasteiger partial charge in [-0.2, -0.15) is 0 Å². The lowest BCUT2D eigenvalue weighted by atomic mass is 9.99. The molecule has 0 aromatic heterocycles. The fraction of sp³-hybridized carbons (Fsp3) is 0.300. The first-order valence-corrected chi connectivity index (χ1v) is 4.52. The van der Waals surface area contributed by atoms with E-state index >= 15 is 0 Å². The minimum absolute atomic E-state index is 0.197. The Morgan fingerprint density at radius 3 is 2.31 bits per heavy atom. The van der Waals surface area contributed by atoms with Gasteiger partial charge in [-0.1, -0.05) is 0 Å². The molecule has 0 amide bonds. The summed E-state index contributed by atoms with van der Waals surface area (Å²) < 4.78 is 38.5. The summed E-state index contributed by atoms with van der Waals surface area (Å²) in [5.41, 5.74) is 4.97. The number of halogens is 3. The fourth-order valence-electron chi connectivity index (χ4n) is 1.26. The van der Waals surface area contributed by atoms with Gasteiger partial charge in [0.15, 0.2) is 11.6 Å². The third-order valence-corrected chi connectivity index (χ3v) is 2.19. The molecule has 0 radical (unpaired) electrons. The second kappa shape index (κ2) is 4.98. The standard InChI is InChI=1S/C10H10F3NO2/c11-7-3-9(13)8(12)2-5(7)1-6(4-14)10(15)16/h2-3,6H,1,4,14H2,(H,15,16). The number of benzene rings is 1. The Kier molecular flexibility index (Phi) is 3.89. The van der Waals surface area contributed by atoms with Crippen LogP contribution in [0.2, 0.25) is 0 Å². The summed E-state index contributed by atoms with van der Waals surface area (Å²) >= 11 is 0. The van der Waals surface area contributed by atoms with Gasteiger partial charge >= 0.3 is 5.97 Å². The van der Waals surface area contributed by atoms with Crippen LogP contribution in [0.25, 0.3) is 0 Å². The van der Waals surface area contributed by atoms with Crippen LogP contribution in [0.1, 0.15) is 5.56 Å². The lowest BCUT2D eigenvalue weighted by molar-refractivity contribution is -0.141. The summed E-state index contributed by atoms with van der Waals surface area (Å²) in [6.45, 7) is -0.201. The van der Waals surface area contributed by atoms with E-state index in [1.807, 2.05) is 0 Å². The van der Waals surface area contributed by atoms with Gasteiger partial charge in [0.25, 0.3) is 0 Å². The van der Waals surface area contributed by atoms with E-state index in [-0.39, 0.29) is 18.5 Å². The van der Waals surface area contributed by atoms with Gasteiger partial charge in [0.2, 0.25) is 0 Å². The monoisotopic (exact) mass is 233 g/mol. The molecule has 88 valence electrons. The molecule has 1 atom stereocenters. The van der Waals surface area contributed by atoms with E-state index in [0.29, 0.717) is 12.1 Å². The third-order valence-electron chi connectivity index (χ3n) is 2.19. The zero-order valence-electron chi connectivity index (χ0n) is 8.21. The van der Waals surface area contributed by atoms with Crippen molar-refractivity contribution in [2.24, 2.45) is 11.7 Å². The maximum Gasteiger partial charge on any atom is 0.308 e. The molecule has 3 nitrogen and oxygen atoms in total. The number of carboxylic acid groups (broad SMARTS) is 1. The zero-order chi connectivity index (χ0) is 12.3. The lowest BCUT2D eigenvalue weighted by Gasteiger charge is -2.10. The van der Waals surface area contributed by atoms with Gasteiger partial charge in [-0.05, 0) is 18.1 Å². The van der Waals surface area contributed by atoms with Crippen LogP contribution in [-0.4, -0.2) is 17.6 Å². The van der Waals surface area contributed by atoms with E-state index in [4.69, 9.17) is 10.8 Å². The SMILES string of the molecule is NCC(Cc1cc(F)c(F)cc1F)C(=O)O. The topological polar surface area (TPSA) is 63.3 Å². The summed E-state index contributed by atoms with van der Waals surface area (Å²) in [7, 11) is 0. The lowest BCUT2D eigenvalue weighted by Crippen LogP contribution is -2.25. The Bertz CT molecular complexity index is 409. The van der Waals surface area contributed by atoms with E-state index in [9.17, 15) is 18.0 Å². The van der Waals surface area contributed by atoms with Crippen LogP contribution in [0.15, 0.2) is 12.1 Å². The quantitative estimate of drug-likeness (QED) is 0.770. The van der Waals surface area contributed by atoms with Gasteiger partial charge in [0.05, 0.1) is 5.92 Å². The predicted octanol–water partition coefficient (Wildman–Crippen LogP) is 1.31. The van der Waals surface area contributed by atoms with Gasteiger partial charge < -0.3 is 10.8 Å². The van der Waals surface area contributed by atoms with E-state index in [0.717, 1.165) is 0 Å². The highest BCUT2D eigenvalue weighted by Gasteiger charge is 2.19. The van der Waals surface area contributed by atoms with Gasteiger partial charge in [-0.3, -0.25) is 4.79 Å². The number of carboxylic acids is 1. The second-order valence-corrected chi connectivity index (χ2v) is 3.33. The summed E-state index contributed by atoms with van der Waals surface area (Å²) in [6, 6.07) is 1.04. The van der Waals surface area contributed by atoms with Gasteiger partial charge in [0, 0.05) is 12.6 Å². The largest absolute Gasteiger partial charge is 0.481 e. The molecule has 1 aromatic rings. The van der Waals surface area contributed by atoms with Crippen LogP contribution in [0, 0.1) is 23.4 Å². The molecule has 0 aliphatic rings. The summed E-state index contributed by atoms with van der Waals surface area (Å²) in [5.74, 6) is -5.71. The smallest absolute Gasteiger partial charge is 0.308 e. The molecule has 0 bridgehead atoms. The Hall–Kier alpha value is -1.56. The molecule has 1 aromatic carbocycles. The Balaban J connectivity index is 2.96. The highest BCUT2D eigenvalue weighted by Crippen LogP contribution is 2.17. The van der Waals surface area contributed by atoms with Crippen molar-refractivity contribution in [3.05, 3.63) is 35.1 Å². The number of carbonyl (C=O) groups is 1. The normalized spacial score (nSPS) is 12.5. The number of hydrogen-bond donors (Lipinski definition) is 2. The first kappa shape index (κ1) is 12.5. The molecule has 6 heteroatoms. The van der Waals surface area contributed by atoms with Crippen molar-refractivity contribution >= 4 is 5.97 Å². The van der Waals surface area contributed by atoms with E-state index < -0.39 is 29.3 Å². The van der Waals surface area contributed by atoms with E-state index in [2.05, 4.69) is 0 Å². The molecule has 1 rings (SSSR count). The average Bonchev–Trinajstić information content (AvgIpc) is 2.21. The maximum absolute atomic E-state index is 13.2. The summed E-state index contributed by atoms with van der Waals surface area (Å²) in [5, 5.41) is 8.68. The van der Waals surface area contributed by atoms with Crippen molar-refractivity contribution < 1.29 is 23.1 Å². The maximum atomic E-state index is 13.2. The molecule has 0 fully saturated rings. The predicted molar refractivity (Wildman–Crippen MR) is 50.2 cm³/mol. The van der Waals surface area contributed by atoms with Gasteiger partial charge in [-0.25, -0.2) is 13.2 Å².